The quantitative estimate of drug-likeness (QED) is 0.442. The summed E-state index contributed by atoms with van der Waals surface area (Å²) in [6.07, 6.45) is -5.51. The van der Waals surface area contributed by atoms with Crippen LogP contribution in [-0.2, 0) is 5.92 Å². The van der Waals surface area contributed by atoms with Crippen molar-refractivity contribution in [3.8, 4) is 0 Å². The minimum atomic E-state index is -5.76. The molecule has 0 aliphatic rings. The van der Waals surface area contributed by atoms with Gasteiger partial charge in [0.1, 0.15) is 5.15 Å². The van der Waals surface area contributed by atoms with Crippen LogP contribution in [0.15, 0.2) is 6.20 Å². The molecule has 0 atom stereocenters. The summed E-state index contributed by atoms with van der Waals surface area (Å²) in [6.45, 7) is 0. The van der Waals surface area contributed by atoms with Crippen molar-refractivity contribution >= 4 is 23.2 Å². The molecule has 2 nitrogen and oxygen atoms in total. The SMILES string of the molecule is FC(F)(F)C(F)(F)c1cnc(Cl)nc1Cl. The summed E-state index contributed by atoms with van der Waals surface area (Å²) in [5.41, 5.74) is -1.53. The van der Waals surface area contributed by atoms with Gasteiger partial charge in [-0.15, -0.1) is 0 Å². The first kappa shape index (κ1) is 12.4. The summed E-state index contributed by atoms with van der Waals surface area (Å²) in [5, 5.41) is -1.54. The molecule has 0 radical (unpaired) electrons. The number of halogens is 7. The van der Waals surface area contributed by atoms with E-state index in [1.54, 1.807) is 0 Å². The van der Waals surface area contributed by atoms with Crippen molar-refractivity contribution in [1.82, 2.24) is 9.97 Å². The summed E-state index contributed by atoms with van der Waals surface area (Å²) in [6, 6.07) is 0. The normalized spacial score (nSPS) is 13.0. The zero-order valence-corrected chi connectivity index (χ0v) is 8.13. The lowest BCUT2D eigenvalue weighted by Gasteiger charge is -2.19. The molecule has 0 bridgehead atoms. The van der Waals surface area contributed by atoms with E-state index in [-0.39, 0.29) is 6.20 Å². The van der Waals surface area contributed by atoms with Crippen LogP contribution in [-0.4, -0.2) is 16.1 Å². The molecule has 0 saturated carbocycles. The third kappa shape index (κ3) is 2.28. The molecule has 9 heteroatoms. The molecule has 0 saturated heterocycles. The standard InChI is InChI=1S/C6HCl2F5N2/c7-3-2(1-14-4(8)15-3)5(9,10)6(11,12)13/h1H. The summed E-state index contributed by atoms with van der Waals surface area (Å²) in [5.74, 6) is -5.10. The molecule has 1 aromatic heterocycles. The molecule has 0 amide bonds. The van der Waals surface area contributed by atoms with Crippen LogP contribution in [0.5, 0.6) is 0 Å². The van der Waals surface area contributed by atoms with Gasteiger partial charge in [0.05, 0.1) is 5.56 Å². The third-order valence-corrected chi connectivity index (χ3v) is 1.88. The maximum atomic E-state index is 12.7. The van der Waals surface area contributed by atoms with Gasteiger partial charge in [-0.25, -0.2) is 9.97 Å². The molecule has 0 aromatic carbocycles. The molecular formula is C6HCl2F5N2. The Morgan fingerprint density at radius 2 is 1.60 bits per heavy atom. The van der Waals surface area contributed by atoms with Crippen LogP contribution in [0.4, 0.5) is 22.0 Å². The highest BCUT2D eigenvalue weighted by atomic mass is 35.5. The number of rotatable bonds is 1. The first-order chi connectivity index (χ1) is 6.66. The Bertz CT molecular complexity index is 378. The molecule has 0 fully saturated rings. The second kappa shape index (κ2) is 3.71. The summed E-state index contributed by atoms with van der Waals surface area (Å²) in [7, 11) is 0. The van der Waals surface area contributed by atoms with Gasteiger partial charge in [-0.1, -0.05) is 11.6 Å². The van der Waals surface area contributed by atoms with Crippen LogP contribution in [0.3, 0.4) is 0 Å². The average molecular weight is 267 g/mol. The highest BCUT2D eigenvalue weighted by Crippen LogP contribution is 2.45. The largest absolute Gasteiger partial charge is 0.458 e. The number of aromatic nitrogens is 2. The minimum absolute atomic E-state index is 0.241. The zero-order valence-electron chi connectivity index (χ0n) is 6.62. The lowest BCUT2D eigenvalue weighted by molar-refractivity contribution is -0.289. The smallest absolute Gasteiger partial charge is 0.226 e. The van der Waals surface area contributed by atoms with Gasteiger partial charge in [0.25, 0.3) is 0 Å². The molecule has 1 heterocycles. The van der Waals surface area contributed by atoms with Crippen LogP contribution >= 0.6 is 23.2 Å². The van der Waals surface area contributed by atoms with Crippen LogP contribution in [0.25, 0.3) is 0 Å². The van der Waals surface area contributed by atoms with Crippen LogP contribution in [0, 0.1) is 0 Å². The molecule has 1 aromatic rings. The molecule has 84 valence electrons. The van der Waals surface area contributed by atoms with Gasteiger partial charge >= 0.3 is 12.1 Å². The van der Waals surface area contributed by atoms with Crippen molar-refractivity contribution in [3.63, 3.8) is 0 Å². The second-order valence-corrected chi connectivity index (χ2v) is 3.11. The first-order valence-corrected chi connectivity index (χ1v) is 4.05. The lowest BCUT2D eigenvalue weighted by Crippen LogP contribution is -2.34. The molecule has 0 N–H and O–H groups in total. The topological polar surface area (TPSA) is 25.8 Å². The van der Waals surface area contributed by atoms with Crippen molar-refractivity contribution in [2.24, 2.45) is 0 Å². The van der Waals surface area contributed by atoms with Crippen LogP contribution < -0.4 is 0 Å². The third-order valence-electron chi connectivity index (χ3n) is 1.41. The fourth-order valence-electron chi connectivity index (χ4n) is 0.704. The van der Waals surface area contributed by atoms with E-state index in [1.807, 2.05) is 0 Å². The van der Waals surface area contributed by atoms with Gasteiger partial charge in [-0.05, 0) is 11.6 Å². The summed E-state index contributed by atoms with van der Waals surface area (Å²) < 4.78 is 61.2. The fourth-order valence-corrected chi connectivity index (χ4v) is 1.13. The molecule has 1 rings (SSSR count). The van der Waals surface area contributed by atoms with E-state index in [1.165, 1.54) is 0 Å². The van der Waals surface area contributed by atoms with Gasteiger partial charge < -0.3 is 0 Å². The van der Waals surface area contributed by atoms with Gasteiger partial charge in [0.2, 0.25) is 5.28 Å². The number of alkyl halides is 5. The van der Waals surface area contributed by atoms with E-state index in [0.29, 0.717) is 0 Å². The van der Waals surface area contributed by atoms with E-state index >= 15 is 0 Å². The van der Waals surface area contributed by atoms with Gasteiger partial charge in [0, 0.05) is 6.20 Å². The van der Waals surface area contributed by atoms with Crippen molar-refractivity contribution in [1.29, 1.82) is 0 Å². The first-order valence-electron chi connectivity index (χ1n) is 3.29. The Balaban J connectivity index is 3.28. The summed E-state index contributed by atoms with van der Waals surface area (Å²) >= 11 is 10.3. The average Bonchev–Trinajstić information content (AvgIpc) is 2.00. The molecule has 0 aliphatic carbocycles. The zero-order chi connectivity index (χ0) is 11.9. The highest BCUT2D eigenvalue weighted by Gasteiger charge is 2.60. The van der Waals surface area contributed by atoms with Crippen molar-refractivity contribution in [2.45, 2.75) is 12.1 Å². The number of hydrogen-bond acceptors (Lipinski definition) is 2. The Labute approximate surface area is 90.0 Å². The van der Waals surface area contributed by atoms with Gasteiger partial charge in [-0.2, -0.15) is 22.0 Å². The molecular weight excluding hydrogens is 266 g/mol. The molecule has 15 heavy (non-hydrogen) atoms. The van der Waals surface area contributed by atoms with E-state index in [0.717, 1.165) is 0 Å². The van der Waals surface area contributed by atoms with E-state index in [4.69, 9.17) is 23.2 Å². The maximum absolute atomic E-state index is 12.7. The van der Waals surface area contributed by atoms with E-state index in [2.05, 4.69) is 9.97 Å². The minimum Gasteiger partial charge on any atom is -0.226 e. The van der Waals surface area contributed by atoms with Gasteiger partial charge in [-0.3, -0.25) is 0 Å². The fraction of sp³-hybridized carbons (Fsp3) is 0.333. The molecule has 0 unspecified atom stereocenters. The monoisotopic (exact) mass is 266 g/mol. The summed E-state index contributed by atoms with van der Waals surface area (Å²) in [4.78, 5) is 6.00. The maximum Gasteiger partial charge on any atom is 0.458 e. The Morgan fingerprint density at radius 3 is 2.00 bits per heavy atom. The Hall–Kier alpha value is -0.690. The number of nitrogens with zero attached hydrogens (tertiary/aromatic N) is 2. The van der Waals surface area contributed by atoms with Crippen molar-refractivity contribution in [3.05, 3.63) is 22.2 Å². The molecule has 0 aliphatic heterocycles. The highest BCUT2D eigenvalue weighted by molar-refractivity contribution is 6.32. The predicted octanol–water partition coefficient (Wildman–Crippen LogP) is 3.44. The van der Waals surface area contributed by atoms with Crippen LogP contribution in [0.2, 0.25) is 10.4 Å². The van der Waals surface area contributed by atoms with Gasteiger partial charge in [0.15, 0.2) is 0 Å². The van der Waals surface area contributed by atoms with E-state index < -0.39 is 28.1 Å². The number of hydrogen-bond donors (Lipinski definition) is 0. The van der Waals surface area contributed by atoms with Crippen LogP contribution in [0.1, 0.15) is 5.56 Å². The van der Waals surface area contributed by atoms with Crippen molar-refractivity contribution < 1.29 is 22.0 Å². The van der Waals surface area contributed by atoms with Crippen molar-refractivity contribution in [2.75, 3.05) is 0 Å². The molecule has 0 spiro atoms. The second-order valence-electron chi connectivity index (χ2n) is 2.42. The Morgan fingerprint density at radius 1 is 1.07 bits per heavy atom. The van der Waals surface area contributed by atoms with E-state index in [9.17, 15) is 22.0 Å². The predicted molar refractivity (Wildman–Crippen MR) is 42.0 cm³/mol. The lowest BCUT2D eigenvalue weighted by atomic mass is 10.2. The Kier molecular flexibility index (Phi) is 3.06.